The van der Waals surface area contributed by atoms with Gasteiger partial charge in [-0.25, -0.2) is 9.97 Å². The standard InChI is InChI=1S/C18H22N4/c1-9-11(3)17(12(4)10(2)16(9)8-19)22-18-20-14(6)13(5)15(7)21-18/h1-7H3,(H,20,21,22). The number of aryl methyl sites for hydroxylation is 2. The molecule has 2 aromatic rings. The van der Waals surface area contributed by atoms with E-state index < -0.39 is 0 Å². The summed E-state index contributed by atoms with van der Waals surface area (Å²) >= 11 is 0. The van der Waals surface area contributed by atoms with Crippen LogP contribution < -0.4 is 5.32 Å². The van der Waals surface area contributed by atoms with Crippen LogP contribution in [0.5, 0.6) is 0 Å². The third-order valence-electron chi connectivity index (χ3n) is 4.61. The average molecular weight is 294 g/mol. The van der Waals surface area contributed by atoms with Crippen molar-refractivity contribution in [2.24, 2.45) is 0 Å². The van der Waals surface area contributed by atoms with E-state index in [4.69, 9.17) is 0 Å². The third kappa shape index (κ3) is 2.55. The van der Waals surface area contributed by atoms with Crippen molar-refractivity contribution in [3.63, 3.8) is 0 Å². The highest BCUT2D eigenvalue weighted by Crippen LogP contribution is 2.31. The maximum atomic E-state index is 9.34. The second kappa shape index (κ2) is 5.76. The van der Waals surface area contributed by atoms with Crippen molar-refractivity contribution in [3.8, 4) is 6.07 Å². The lowest BCUT2D eigenvalue weighted by Gasteiger charge is -2.18. The van der Waals surface area contributed by atoms with Gasteiger partial charge >= 0.3 is 0 Å². The van der Waals surface area contributed by atoms with E-state index in [0.29, 0.717) is 5.95 Å². The molecule has 2 rings (SSSR count). The average Bonchev–Trinajstić information content (AvgIpc) is 2.47. The Balaban J connectivity index is 2.58. The molecule has 4 nitrogen and oxygen atoms in total. The Morgan fingerprint density at radius 3 is 1.59 bits per heavy atom. The molecular formula is C18H22N4. The van der Waals surface area contributed by atoms with E-state index in [0.717, 1.165) is 50.5 Å². The van der Waals surface area contributed by atoms with Gasteiger partial charge in [0.25, 0.3) is 0 Å². The second-order valence-corrected chi connectivity index (χ2v) is 5.83. The number of nitriles is 1. The molecule has 0 fully saturated rings. The molecule has 0 atom stereocenters. The summed E-state index contributed by atoms with van der Waals surface area (Å²) < 4.78 is 0. The van der Waals surface area contributed by atoms with Crippen LogP contribution in [0.25, 0.3) is 0 Å². The van der Waals surface area contributed by atoms with Gasteiger partial charge < -0.3 is 5.32 Å². The molecule has 1 aromatic heterocycles. The lowest BCUT2D eigenvalue weighted by molar-refractivity contribution is 1.02. The van der Waals surface area contributed by atoms with Crippen molar-refractivity contribution in [3.05, 3.63) is 44.8 Å². The van der Waals surface area contributed by atoms with Crippen LogP contribution in [-0.2, 0) is 0 Å². The molecule has 1 heterocycles. The molecule has 0 bridgehead atoms. The van der Waals surface area contributed by atoms with Gasteiger partial charge in [-0.2, -0.15) is 5.26 Å². The van der Waals surface area contributed by atoms with Crippen LogP contribution in [0.3, 0.4) is 0 Å². The van der Waals surface area contributed by atoms with E-state index in [1.54, 1.807) is 0 Å². The number of nitrogens with one attached hydrogen (secondary N) is 1. The minimum atomic E-state index is 0.607. The first-order chi connectivity index (χ1) is 10.3. The number of aromatic nitrogens is 2. The minimum absolute atomic E-state index is 0.607. The fraction of sp³-hybridized carbons (Fsp3) is 0.389. The van der Waals surface area contributed by atoms with E-state index in [2.05, 4.69) is 21.4 Å². The molecule has 114 valence electrons. The zero-order valence-electron chi connectivity index (χ0n) is 14.3. The molecule has 0 aliphatic carbocycles. The molecule has 0 radical (unpaired) electrons. The molecule has 1 aromatic carbocycles. The van der Waals surface area contributed by atoms with Crippen molar-refractivity contribution < 1.29 is 0 Å². The van der Waals surface area contributed by atoms with Gasteiger partial charge in [0.15, 0.2) is 0 Å². The number of rotatable bonds is 2. The Kier molecular flexibility index (Phi) is 4.18. The van der Waals surface area contributed by atoms with Crippen LogP contribution in [0, 0.1) is 59.8 Å². The summed E-state index contributed by atoms with van der Waals surface area (Å²) in [6.45, 7) is 14.0. The van der Waals surface area contributed by atoms with Crippen molar-refractivity contribution in [2.75, 3.05) is 5.32 Å². The lowest BCUT2D eigenvalue weighted by atomic mass is 9.93. The van der Waals surface area contributed by atoms with Crippen molar-refractivity contribution >= 4 is 11.6 Å². The van der Waals surface area contributed by atoms with E-state index in [-0.39, 0.29) is 0 Å². The molecular weight excluding hydrogens is 272 g/mol. The van der Waals surface area contributed by atoms with Gasteiger partial charge in [0.05, 0.1) is 11.6 Å². The molecule has 0 unspecified atom stereocenters. The highest BCUT2D eigenvalue weighted by atomic mass is 15.1. The zero-order valence-corrected chi connectivity index (χ0v) is 14.3. The first-order valence-electron chi connectivity index (χ1n) is 7.37. The topological polar surface area (TPSA) is 61.6 Å². The quantitative estimate of drug-likeness (QED) is 0.899. The summed E-state index contributed by atoms with van der Waals surface area (Å²) in [6.07, 6.45) is 0. The second-order valence-electron chi connectivity index (χ2n) is 5.83. The molecule has 0 saturated heterocycles. The fourth-order valence-corrected chi connectivity index (χ4v) is 2.61. The SMILES string of the molecule is Cc1nc(Nc2c(C)c(C)c(C#N)c(C)c2C)nc(C)c1C. The Morgan fingerprint density at radius 2 is 1.18 bits per heavy atom. The van der Waals surface area contributed by atoms with Gasteiger partial charge in [-0.1, -0.05) is 0 Å². The van der Waals surface area contributed by atoms with E-state index in [1.807, 2.05) is 48.5 Å². The van der Waals surface area contributed by atoms with Crippen LogP contribution in [0.2, 0.25) is 0 Å². The highest BCUT2D eigenvalue weighted by molar-refractivity contribution is 5.70. The molecule has 1 N–H and O–H groups in total. The van der Waals surface area contributed by atoms with Crippen LogP contribution in [0.15, 0.2) is 0 Å². The molecule has 4 heteroatoms. The fourth-order valence-electron chi connectivity index (χ4n) is 2.61. The summed E-state index contributed by atoms with van der Waals surface area (Å²) in [5.41, 5.74) is 8.99. The largest absolute Gasteiger partial charge is 0.324 e. The first kappa shape index (κ1) is 16.0. The molecule has 0 amide bonds. The molecule has 0 spiro atoms. The van der Waals surface area contributed by atoms with Crippen LogP contribution in [0.4, 0.5) is 11.6 Å². The molecule has 0 aliphatic heterocycles. The van der Waals surface area contributed by atoms with Gasteiger partial charge in [0, 0.05) is 17.1 Å². The summed E-state index contributed by atoms with van der Waals surface area (Å²) in [7, 11) is 0. The number of hydrogen-bond donors (Lipinski definition) is 1. The summed E-state index contributed by atoms with van der Waals surface area (Å²) in [5, 5.41) is 12.7. The van der Waals surface area contributed by atoms with Crippen LogP contribution in [0.1, 0.15) is 44.8 Å². The van der Waals surface area contributed by atoms with Crippen LogP contribution >= 0.6 is 0 Å². The summed E-state index contributed by atoms with van der Waals surface area (Å²) in [6, 6.07) is 2.30. The number of benzene rings is 1. The first-order valence-corrected chi connectivity index (χ1v) is 7.37. The third-order valence-corrected chi connectivity index (χ3v) is 4.61. The van der Waals surface area contributed by atoms with Gasteiger partial charge in [-0.05, 0) is 76.3 Å². The van der Waals surface area contributed by atoms with Crippen molar-refractivity contribution in [2.45, 2.75) is 48.5 Å². The Bertz CT molecular complexity index is 746. The van der Waals surface area contributed by atoms with Gasteiger partial charge in [-0.3, -0.25) is 0 Å². The Labute approximate surface area is 132 Å². The van der Waals surface area contributed by atoms with Gasteiger partial charge in [-0.15, -0.1) is 0 Å². The van der Waals surface area contributed by atoms with Crippen molar-refractivity contribution in [1.29, 1.82) is 5.26 Å². The maximum Gasteiger partial charge on any atom is 0.227 e. The number of hydrogen-bond acceptors (Lipinski definition) is 4. The van der Waals surface area contributed by atoms with Gasteiger partial charge in [0.1, 0.15) is 0 Å². The smallest absolute Gasteiger partial charge is 0.227 e. The number of nitrogens with zero attached hydrogens (tertiary/aromatic N) is 3. The monoisotopic (exact) mass is 294 g/mol. The normalized spacial score (nSPS) is 10.5. The Morgan fingerprint density at radius 1 is 0.727 bits per heavy atom. The lowest BCUT2D eigenvalue weighted by Crippen LogP contribution is -2.07. The van der Waals surface area contributed by atoms with E-state index in [9.17, 15) is 5.26 Å². The predicted octanol–water partition coefficient (Wildman–Crippen LogP) is 4.25. The number of anilines is 2. The minimum Gasteiger partial charge on any atom is -0.324 e. The molecule has 0 aliphatic rings. The van der Waals surface area contributed by atoms with Gasteiger partial charge in [0.2, 0.25) is 5.95 Å². The van der Waals surface area contributed by atoms with Crippen molar-refractivity contribution in [1.82, 2.24) is 9.97 Å². The zero-order chi connectivity index (χ0) is 16.6. The van der Waals surface area contributed by atoms with E-state index >= 15 is 0 Å². The summed E-state index contributed by atoms with van der Waals surface area (Å²) in [4.78, 5) is 9.05. The Hall–Kier alpha value is -2.41. The maximum absolute atomic E-state index is 9.34. The predicted molar refractivity (Wildman–Crippen MR) is 89.6 cm³/mol. The summed E-state index contributed by atoms with van der Waals surface area (Å²) in [5.74, 6) is 0.607. The van der Waals surface area contributed by atoms with Crippen LogP contribution in [-0.4, -0.2) is 9.97 Å². The molecule has 22 heavy (non-hydrogen) atoms. The highest BCUT2D eigenvalue weighted by Gasteiger charge is 2.16. The molecule has 0 saturated carbocycles. The van der Waals surface area contributed by atoms with E-state index in [1.165, 1.54) is 0 Å².